The van der Waals surface area contributed by atoms with Crippen LogP contribution in [-0.2, 0) is 14.8 Å². The third-order valence-corrected chi connectivity index (χ3v) is 6.80. The molecule has 0 radical (unpaired) electrons. The average molecular weight is 335 g/mol. The molecule has 1 N–H and O–H groups in total. The predicted molar refractivity (Wildman–Crippen MR) is 82.4 cm³/mol. The van der Waals surface area contributed by atoms with E-state index in [1.54, 1.807) is 24.3 Å². The van der Waals surface area contributed by atoms with Crippen molar-refractivity contribution in [2.24, 2.45) is 11.3 Å². The summed E-state index contributed by atoms with van der Waals surface area (Å²) < 4.78 is 32.3. The number of furan rings is 1. The van der Waals surface area contributed by atoms with Gasteiger partial charge in [0.05, 0.1) is 0 Å². The molecule has 1 aliphatic heterocycles. The second-order valence-corrected chi connectivity index (χ2v) is 8.65. The molecular formula is C16H17NO5S. The second-order valence-electron chi connectivity index (χ2n) is 6.74. The summed E-state index contributed by atoms with van der Waals surface area (Å²) in [6.45, 7) is 0.954. The molecule has 2 aliphatic rings. The first-order valence-electron chi connectivity index (χ1n) is 7.58. The molecule has 1 aromatic heterocycles. The number of benzene rings is 1. The number of fused-ring (bicyclic) bond motifs is 1. The van der Waals surface area contributed by atoms with E-state index in [4.69, 9.17) is 9.52 Å². The van der Waals surface area contributed by atoms with E-state index in [1.807, 2.05) is 0 Å². The van der Waals surface area contributed by atoms with Gasteiger partial charge in [-0.25, -0.2) is 8.42 Å². The molecule has 6 nitrogen and oxygen atoms in total. The number of hydrogen-bond donors (Lipinski definition) is 1. The minimum absolute atomic E-state index is 0.00722. The summed E-state index contributed by atoms with van der Waals surface area (Å²) in [5.41, 5.74) is 0.554. The Hall–Kier alpha value is -1.86. The fourth-order valence-corrected chi connectivity index (χ4v) is 5.76. The van der Waals surface area contributed by atoms with Crippen LogP contribution in [0.3, 0.4) is 0 Å². The van der Waals surface area contributed by atoms with Crippen molar-refractivity contribution in [3.05, 3.63) is 30.5 Å². The summed E-state index contributed by atoms with van der Waals surface area (Å²) >= 11 is 0. The minimum Gasteiger partial charge on any atom is -0.481 e. The van der Waals surface area contributed by atoms with Crippen LogP contribution in [0, 0.1) is 11.3 Å². The fraction of sp³-hybridized carbons (Fsp3) is 0.438. The van der Waals surface area contributed by atoms with Gasteiger partial charge >= 0.3 is 5.97 Å². The van der Waals surface area contributed by atoms with Crippen molar-refractivity contribution < 1.29 is 22.7 Å². The summed E-state index contributed by atoms with van der Waals surface area (Å²) in [4.78, 5) is 10.9. The van der Waals surface area contributed by atoms with Crippen LogP contribution in [0.4, 0.5) is 0 Å². The number of para-hydroxylation sites is 1. The summed E-state index contributed by atoms with van der Waals surface area (Å²) in [6.07, 6.45) is 3.09. The zero-order chi connectivity index (χ0) is 16.2. The van der Waals surface area contributed by atoms with Gasteiger partial charge < -0.3 is 9.52 Å². The molecule has 1 saturated carbocycles. The number of nitrogens with zero attached hydrogens (tertiary/aromatic N) is 1. The van der Waals surface area contributed by atoms with E-state index < -0.39 is 16.0 Å². The lowest BCUT2D eigenvalue weighted by Crippen LogP contribution is -2.63. The summed E-state index contributed by atoms with van der Waals surface area (Å²) in [5.74, 6) is -0.592. The Labute approximate surface area is 133 Å². The fourth-order valence-electron chi connectivity index (χ4n) is 3.98. The van der Waals surface area contributed by atoms with Crippen molar-refractivity contribution in [2.45, 2.75) is 24.2 Å². The van der Waals surface area contributed by atoms with E-state index in [2.05, 4.69) is 0 Å². The van der Waals surface area contributed by atoms with Gasteiger partial charge in [-0.05, 0) is 36.3 Å². The molecule has 1 saturated heterocycles. The summed E-state index contributed by atoms with van der Waals surface area (Å²) in [5, 5.41) is 9.40. The van der Waals surface area contributed by atoms with Gasteiger partial charge in [-0.1, -0.05) is 12.1 Å². The van der Waals surface area contributed by atoms with Crippen LogP contribution in [0.15, 0.2) is 39.8 Å². The second kappa shape index (κ2) is 4.82. The molecule has 4 rings (SSSR count). The standard InChI is InChI=1S/C16H17NO5S/c18-15(19)5-11-6-16(7-11)9-17(10-16)23(20,21)14-8-22-13-4-2-1-3-12(13)14/h1-4,8,11H,5-7,9-10H2,(H,18,19). The zero-order valence-electron chi connectivity index (χ0n) is 12.4. The van der Waals surface area contributed by atoms with Crippen molar-refractivity contribution in [2.75, 3.05) is 13.1 Å². The maximum atomic E-state index is 12.7. The number of carboxylic acid groups (broad SMARTS) is 1. The van der Waals surface area contributed by atoms with Crippen molar-refractivity contribution in [1.82, 2.24) is 4.31 Å². The molecule has 2 aromatic rings. The lowest BCUT2D eigenvalue weighted by molar-refractivity contribution is -0.142. The Morgan fingerprint density at radius 3 is 2.70 bits per heavy atom. The van der Waals surface area contributed by atoms with Crippen LogP contribution >= 0.6 is 0 Å². The first kappa shape index (κ1) is 14.7. The minimum atomic E-state index is -3.55. The molecule has 2 heterocycles. The van der Waals surface area contributed by atoms with Crippen molar-refractivity contribution in [3.63, 3.8) is 0 Å². The Morgan fingerprint density at radius 1 is 1.30 bits per heavy atom. The first-order chi connectivity index (χ1) is 10.9. The van der Waals surface area contributed by atoms with Crippen LogP contribution in [0.5, 0.6) is 0 Å². The summed E-state index contributed by atoms with van der Waals surface area (Å²) in [7, 11) is -3.55. The van der Waals surface area contributed by atoms with Gasteiger partial charge in [-0.2, -0.15) is 4.31 Å². The molecule has 0 bridgehead atoms. The van der Waals surface area contributed by atoms with Gasteiger partial charge in [0.2, 0.25) is 10.0 Å². The Kier molecular flexibility index (Phi) is 3.08. The highest BCUT2D eigenvalue weighted by Crippen LogP contribution is 2.54. The van der Waals surface area contributed by atoms with Crippen LogP contribution in [0.2, 0.25) is 0 Å². The van der Waals surface area contributed by atoms with E-state index >= 15 is 0 Å². The topological polar surface area (TPSA) is 87.8 Å². The van der Waals surface area contributed by atoms with E-state index in [1.165, 1.54) is 10.6 Å². The van der Waals surface area contributed by atoms with Crippen molar-refractivity contribution >= 4 is 27.0 Å². The van der Waals surface area contributed by atoms with E-state index in [9.17, 15) is 13.2 Å². The quantitative estimate of drug-likeness (QED) is 0.926. The molecule has 122 valence electrons. The third kappa shape index (κ3) is 2.26. The molecule has 1 aliphatic carbocycles. The normalized spacial score (nSPS) is 21.2. The number of aliphatic carboxylic acids is 1. The van der Waals surface area contributed by atoms with Crippen LogP contribution in [0.1, 0.15) is 19.3 Å². The highest BCUT2D eigenvalue weighted by atomic mass is 32.2. The van der Waals surface area contributed by atoms with Gasteiger partial charge in [0.1, 0.15) is 16.7 Å². The molecule has 2 fully saturated rings. The lowest BCUT2D eigenvalue weighted by atomic mass is 9.58. The number of sulfonamides is 1. The monoisotopic (exact) mass is 335 g/mol. The molecule has 23 heavy (non-hydrogen) atoms. The van der Waals surface area contributed by atoms with Crippen LogP contribution in [-0.4, -0.2) is 36.9 Å². The van der Waals surface area contributed by atoms with Crippen molar-refractivity contribution in [1.29, 1.82) is 0 Å². The van der Waals surface area contributed by atoms with Gasteiger partial charge in [0, 0.05) is 24.9 Å². The summed E-state index contributed by atoms with van der Waals surface area (Å²) in [6, 6.07) is 7.08. The lowest BCUT2D eigenvalue weighted by Gasteiger charge is -2.58. The number of carbonyl (C=O) groups is 1. The Morgan fingerprint density at radius 2 is 2.00 bits per heavy atom. The number of carboxylic acids is 1. The smallest absolute Gasteiger partial charge is 0.303 e. The van der Waals surface area contributed by atoms with E-state index in [0.717, 1.165) is 12.8 Å². The highest BCUT2D eigenvalue weighted by Gasteiger charge is 2.55. The third-order valence-electron chi connectivity index (χ3n) is 4.99. The van der Waals surface area contributed by atoms with E-state index in [-0.39, 0.29) is 22.6 Å². The van der Waals surface area contributed by atoms with E-state index in [0.29, 0.717) is 24.1 Å². The number of rotatable bonds is 4. The van der Waals surface area contributed by atoms with Gasteiger partial charge in [-0.15, -0.1) is 0 Å². The van der Waals surface area contributed by atoms with Crippen LogP contribution in [0.25, 0.3) is 11.0 Å². The first-order valence-corrected chi connectivity index (χ1v) is 9.02. The van der Waals surface area contributed by atoms with Gasteiger partial charge in [0.25, 0.3) is 0 Å². The maximum Gasteiger partial charge on any atom is 0.303 e. The predicted octanol–water partition coefficient (Wildman–Crippen LogP) is 2.31. The van der Waals surface area contributed by atoms with Gasteiger partial charge in [0.15, 0.2) is 0 Å². The highest BCUT2D eigenvalue weighted by molar-refractivity contribution is 7.89. The molecule has 1 spiro atoms. The van der Waals surface area contributed by atoms with Crippen molar-refractivity contribution in [3.8, 4) is 0 Å². The molecule has 0 amide bonds. The number of hydrogen-bond acceptors (Lipinski definition) is 4. The van der Waals surface area contributed by atoms with Crippen LogP contribution < -0.4 is 0 Å². The SMILES string of the molecule is O=C(O)CC1CC2(C1)CN(S(=O)(=O)c1coc3ccccc13)C2. The zero-order valence-corrected chi connectivity index (χ0v) is 13.3. The molecule has 1 aromatic carbocycles. The Bertz CT molecular complexity index is 871. The molecular weight excluding hydrogens is 318 g/mol. The molecule has 7 heteroatoms. The van der Waals surface area contributed by atoms with Gasteiger partial charge in [-0.3, -0.25) is 4.79 Å². The maximum absolute atomic E-state index is 12.7. The Balaban J connectivity index is 1.49. The largest absolute Gasteiger partial charge is 0.481 e. The molecule has 0 atom stereocenters. The molecule has 0 unspecified atom stereocenters. The average Bonchev–Trinajstić information content (AvgIpc) is 2.83.